The van der Waals surface area contributed by atoms with Crippen LogP contribution in [0.4, 0.5) is 16.3 Å². The molecule has 0 radical (unpaired) electrons. The first-order valence-corrected chi connectivity index (χ1v) is 14.8. The number of nitrogens with one attached hydrogen (secondary N) is 2. The number of benzene rings is 2. The molecule has 7 rings (SSSR count). The van der Waals surface area contributed by atoms with Crippen molar-refractivity contribution in [2.75, 3.05) is 30.3 Å². The smallest absolute Gasteiger partial charge is 0.324 e. The number of allylic oxidation sites excluding steroid dienone is 3. The maximum Gasteiger partial charge on any atom is 0.324 e. The van der Waals surface area contributed by atoms with Crippen molar-refractivity contribution in [2.24, 2.45) is 11.8 Å². The first-order valence-electron chi connectivity index (χ1n) is 14.8. The molecule has 42 heavy (non-hydrogen) atoms. The molecule has 8 heteroatoms. The van der Waals surface area contributed by atoms with Crippen LogP contribution in [-0.4, -0.2) is 52.5 Å². The van der Waals surface area contributed by atoms with Crippen molar-refractivity contribution in [1.82, 2.24) is 14.8 Å². The standard InChI is InChI=1S/C34H35N5O3/c1-22-8-5-6-11-26(22)29-21-42-33-31-27(32(40)39(29)33)12-7-13-28(31)36-34(41)37-30-18-24(14-16-35-30)25-15-17-38(20-25)19-23-9-3-2-4-10-23/h2-14,16,18,22,25-26,29,33H,15,17,19-21H2,1H3,(H2,35,36,37,41)/t22?,25?,26?,29-,33?/m1/s1. The molecule has 4 unspecified atom stereocenters. The molecule has 0 saturated carbocycles. The van der Waals surface area contributed by atoms with E-state index in [1.807, 2.05) is 41.3 Å². The Morgan fingerprint density at radius 3 is 2.76 bits per heavy atom. The van der Waals surface area contributed by atoms with Crippen LogP contribution in [0.15, 0.2) is 91.2 Å². The molecule has 2 N–H and O–H groups in total. The van der Waals surface area contributed by atoms with Crippen molar-refractivity contribution in [1.29, 1.82) is 0 Å². The lowest BCUT2D eigenvalue weighted by atomic mass is 9.84. The van der Waals surface area contributed by atoms with Crippen molar-refractivity contribution in [3.8, 4) is 0 Å². The zero-order valence-corrected chi connectivity index (χ0v) is 23.6. The molecule has 2 fully saturated rings. The van der Waals surface area contributed by atoms with Crippen molar-refractivity contribution < 1.29 is 14.3 Å². The summed E-state index contributed by atoms with van der Waals surface area (Å²) < 4.78 is 6.21. The van der Waals surface area contributed by atoms with Crippen LogP contribution in [0.2, 0.25) is 0 Å². The van der Waals surface area contributed by atoms with E-state index in [0.717, 1.165) is 26.1 Å². The predicted molar refractivity (Wildman–Crippen MR) is 162 cm³/mol. The molecule has 0 bridgehead atoms. The third-order valence-corrected chi connectivity index (χ3v) is 9.03. The van der Waals surface area contributed by atoms with Gasteiger partial charge in [-0.3, -0.25) is 15.0 Å². The number of carbonyl (C=O) groups excluding carboxylic acids is 2. The predicted octanol–water partition coefficient (Wildman–Crippen LogP) is 5.95. The number of ether oxygens (including phenoxy) is 1. The van der Waals surface area contributed by atoms with Crippen LogP contribution in [0.1, 0.15) is 52.5 Å². The van der Waals surface area contributed by atoms with E-state index in [1.165, 1.54) is 11.1 Å². The Morgan fingerprint density at radius 1 is 1.05 bits per heavy atom. The number of hydrogen-bond acceptors (Lipinski definition) is 5. The van der Waals surface area contributed by atoms with Gasteiger partial charge in [-0.1, -0.05) is 67.6 Å². The lowest BCUT2D eigenvalue weighted by Gasteiger charge is -2.31. The van der Waals surface area contributed by atoms with Crippen molar-refractivity contribution in [3.63, 3.8) is 0 Å². The van der Waals surface area contributed by atoms with Crippen molar-refractivity contribution >= 4 is 23.4 Å². The SMILES string of the molecule is CC1C=CC=CC1[C@H]1COC2c3c(NC(=O)Nc4cc(C5CCN(Cc6ccccc6)C5)ccn4)cccc3C(=O)N21. The molecule has 3 aliphatic heterocycles. The number of carbonyl (C=O) groups is 2. The summed E-state index contributed by atoms with van der Waals surface area (Å²) in [5, 5.41) is 5.87. The van der Waals surface area contributed by atoms with Gasteiger partial charge in [-0.05, 0) is 60.2 Å². The second-order valence-corrected chi connectivity index (χ2v) is 11.7. The molecule has 0 spiro atoms. The fraction of sp³-hybridized carbons (Fsp3) is 0.324. The minimum Gasteiger partial charge on any atom is -0.352 e. The number of hydrogen-bond donors (Lipinski definition) is 2. The lowest BCUT2D eigenvalue weighted by molar-refractivity contribution is 0.0338. The van der Waals surface area contributed by atoms with Gasteiger partial charge in [0.05, 0.1) is 18.3 Å². The summed E-state index contributed by atoms with van der Waals surface area (Å²) in [7, 11) is 0. The fourth-order valence-corrected chi connectivity index (χ4v) is 6.91. The Bertz CT molecular complexity index is 1550. The summed E-state index contributed by atoms with van der Waals surface area (Å²) in [6.07, 6.45) is 10.7. The quantitative estimate of drug-likeness (QED) is 0.389. The Morgan fingerprint density at radius 2 is 1.90 bits per heavy atom. The highest BCUT2D eigenvalue weighted by atomic mass is 16.5. The maximum absolute atomic E-state index is 13.5. The van der Waals surface area contributed by atoms with E-state index < -0.39 is 12.3 Å². The number of likely N-dealkylation sites (tertiary alicyclic amines) is 1. The Hall–Kier alpha value is -4.27. The number of fused-ring (bicyclic) bond motifs is 3. The van der Waals surface area contributed by atoms with E-state index in [9.17, 15) is 9.59 Å². The maximum atomic E-state index is 13.5. The van der Waals surface area contributed by atoms with Gasteiger partial charge >= 0.3 is 6.03 Å². The van der Waals surface area contributed by atoms with Gasteiger partial charge in [0, 0.05) is 36.3 Å². The van der Waals surface area contributed by atoms with Gasteiger partial charge in [-0.2, -0.15) is 0 Å². The fourth-order valence-electron chi connectivity index (χ4n) is 6.91. The molecule has 3 aromatic rings. The Balaban J connectivity index is 1.02. The van der Waals surface area contributed by atoms with Gasteiger partial charge < -0.3 is 15.0 Å². The second kappa shape index (κ2) is 11.2. The number of amides is 3. The second-order valence-electron chi connectivity index (χ2n) is 11.7. The van der Waals surface area contributed by atoms with Crippen LogP contribution >= 0.6 is 0 Å². The summed E-state index contributed by atoms with van der Waals surface area (Å²) in [5.74, 6) is 1.33. The molecule has 4 aliphatic rings. The summed E-state index contributed by atoms with van der Waals surface area (Å²) in [5.41, 5.74) is 4.35. The normalized spacial score (nSPS) is 26.4. The number of anilines is 2. The highest BCUT2D eigenvalue weighted by molar-refractivity contribution is 6.05. The van der Waals surface area contributed by atoms with Gasteiger partial charge in [0.15, 0.2) is 6.23 Å². The molecule has 1 aromatic heterocycles. The number of nitrogens with zero attached hydrogens (tertiary/aromatic N) is 3. The molecule has 2 saturated heterocycles. The average molecular weight is 562 g/mol. The van der Waals surface area contributed by atoms with Crippen LogP contribution in [0.3, 0.4) is 0 Å². The summed E-state index contributed by atoms with van der Waals surface area (Å²) >= 11 is 0. The number of rotatable bonds is 6. The van der Waals surface area contributed by atoms with E-state index in [2.05, 4.69) is 69.9 Å². The molecular weight excluding hydrogens is 526 g/mol. The summed E-state index contributed by atoms with van der Waals surface area (Å²) in [6.45, 7) is 5.58. The lowest BCUT2D eigenvalue weighted by Crippen LogP contribution is -2.41. The summed E-state index contributed by atoms with van der Waals surface area (Å²) in [4.78, 5) is 35.4. The van der Waals surface area contributed by atoms with Crippen LogP contribution in [-0.2, 0) is 11.3 Å². The van der Waals surface area contributed by atoms with E-state index in [4.69, 9.17) is 4.74 Å². The summed E-state index contributed by atoms with van der Waals surface area (Å²) in [6, 6.07) is 19.5. The monoisotopic (exact) mass is 561 g/mol. The topological polar surface area (TPSA) is 86.8 Å². The van der Waals surface area contributed by atoms with Gasteiger partial charge in [-0.25, -0.2) is 9.78 Å². The third kappa shape index (κ3) is 5.01. The Kier molecular flexibility index (Phi) is 7.09. The molecule has 2 aromatic carbocycles. The molecular formula is C34H35N5O3. The van der Waals surface area contributed by atoms with Crippen molar-refractivity contribution in [2.45, 2.75) is 38.1 Å². The van der Waals surface area contributed by atoms with Crippen LogP contribution < -0.4 is 10.6 Å². The van der Waals surface area contributed by atoms with E-state index in [1.54, 1.807) is 12.3 Å². The van der Waals surface area contributed by atoms with Crippen LogP contribution in [0, 0.1) is 11.8 Å². The van der Waals surface area contributed by atoms with Gasteiger partial charge in [0.1, 0.15) is 5.82 Å². The Labute approximate surface area is 246 Å². The minimum absolute atomic E-state index is 0.0519. The molecule has 8 nitrogen and oxygen atoms in total. The average Bonchev–Trinajstić information content (AvgIpc) is 3.71. The first-order chi connectivity index (χ1) is 20.5. The van der Waals surface area contributed by atoms with Crippen LogP contribution in [0.25, 0.3) is 0 Å². The molecule has 5 atom stereocenters. The van der Waals surface area contributed by atoms with Gasteiger partial charge in [0.25, 0.3) is 5.91 Å². The molecule has 3 amide bonds. The molecule has 4 heterocycles. The molecule has 214 valence electrons. The van der Waals surface area contributed by atoms with Gasteiger partial charge in [0.2, 0.25) is 0 Å². The first kappa shape index (κ1) is 26.6. The molecule has 1 aliphatic carbocycles. The van der Waals surface area contributed by atoms with Crippen LogP contribution in [0.5, 0.6) is 0 Å². The number of urea groups is 1. The number of pyridine rings is 1. The highest BCUT2D eigenvalue weighted by Gasteiger charge is 2.50. The van der Waals surface area contributed by atoms with E-state index >= 15 is 0 Å². The highest BCUT2D eigenvalue weighted by Crippen LogP contribution is 2.46. The van der Waals surface area contributed by atoms with E-state index in [0.29, 0.717) is 41.1 Å². The zero-order valence-electron chi connectivity index (χ0n) is 23.6. The van der Waals surface area contributed by atoms with E-state index in [-0.39, 0.29) is 17.9 Å². The third-order valence-electron chi connectivity index (χ3n) is 9.03. The van der Waals surface area contributed by atoms with Crippen molar-refractivity contribution in [3.05, 3.63) is 113 Å². The number of aromatic nitrogens is 1. The zero-order chi connectivity index (χ0) is 28.6. The minimum atomic E-state index is -0.511. The van der Waals surface area contributed by atoms with Gasteiger partial charge in [-0.15, -0.1) is 0 Å². The largest absolute Gasteiger partial charge is 0.352 e.